The topological polar surface area (TPSA) is 50.4 Å². The second kappa shape index (κ2) is 7.79. The zero-order chi connectivity index (χ0) is 13.4. The van der Waals surface area contributed by atoms with Crippen LogP contribution < -0.4 is 10.6 Å². The third-order valence-corrected chi connectivity index (χ3v) is 2.52. The summed E-state index contributed by atoms with van der Waals surface area (Å²) < 4.78 is 17.6. The third-order valence-electron chi connectivity index (χ3n) is 2.52. The van der Waals surface area contributed by atoms with Gasteiger partial charge in [-0.05, 0) is 24.6 Å². The molecule has 2 N–H and O–H groups in total. The van der Waals surface area contributed by atoms with Crippen molar-refractivity contribution in [2.45, 2.75) is 13.0 Å². The molecule has 18 heavy (non-hydrogen) atoms. The molecule has 0 saturated carbocycles. The van der Waals surface area contributed by atoms with Crippen LogP contribution in [0.3, 0.4) is 0 Å². The summed E-state index contributed by atoms with van der Waals surface area (Å²) in [4.78, 5) is 11.6. The standard InChI is InChI=1S/C13H19FN2O2/c1-10(11-3-5-12(14)6-4-11)16-13(17)9-15-7-8-18-2/h3-6,10,15H,7-9H2,1-2H3,(H,16,17)/t10-/m0/s1. The second-order valence-electron chi connectivity index (χ2n) is 4.01. The smallest absolute Gasteiger partial charge is 0.234 e. The summed E-state index contributed by atoms with van der Waals surface area (Å²) in [5.41, 5.74) is 0.877. The molecular weight excluding hydrogens is 235 g/mol. The van der Waals surface area contributed by atoms with E-state index in [1.807, 2.05) is 6.92 Å². The predicted molar refractivity (Wildman–Crippen MR) is 67.7 cm³/mol. The van der Waals surface area contributed by atoms with E-state index in [1.165, 1.54) is 12.1 Å². The lowest BCUT2D eigenvalue weighted by atomic mass is 10.1. The van der Waals surface area contributed by atoms with Crippen LogP contribution in [0.2, 0.25) is 0 Å². The Hall–Kier alpha value is -1.46. The largest absolute Gasteiger partial charge is 0.383 e. The summed E-state index contributed by atoms with van der Waals surface area (Å²) in [5.74, 6) is -0.374. The SMILES string of the molecule is COCCNCC(=O)N[C@@H](C)c1ccc(F)cc1. The molecule has 0 heterocycles. The van der Waals surface area contributed by atoms with Crippen LogP contribution in [0.1, 0.15) is 18.5 Å². The van der Waals surface area contributed by atoms with E-state index >= 15 is 0 Å². The Morgan fingerprint density at radius 2 is 2.06 bits per heavy atom. The summed E-state index contributed by atoms with van der Waals surface area (Å²) in [5, 5.41) is 5.78. The molecule has 1 rings (SSSR count). The number of nitrogens with one attached hydrogen (secondary N) is 2. The molecule has 0 aliphatic carbocycles. The minimum Gasteiger partial charge on any atom is -0.383 e. The Kier molecular flexibility index (Phi) is 6.32. The van der Waals surface area contributed by atoms with Crippen molar-refractivity contribution < 1.29 is 13.9 Å². The number of halogens is 1. The number of carbonyl (C=O) groups excluding carboxylic acids is 1. The Balaban J connectivity index is 2.33. The highest BCUT2D eigenvalue weighted by Gasteiger charge is 2.08. The van der Waals surface area contributed by atoms with Crippen LogP contribution in [0.5, 0.6) is 0 Å². The maximum absolute atomic E-state index is 12.7. The van der Waals surface area contributed by atoms with E-state index in [9.17, 15) is 9.18 Å². The normalized spacial score (nSPS) is 12.2. The van der Waals surface area contributed by atoms with Crippen molar-refractivity contribution in [1.82, 2.24) is 10.6 Å². The first-order valence-corrected chi connectivity index (χ1v) is 5.88. The molecule has 0 radical (unpaired) electrons. The van der Waals surface area contributed by atoms with Crippen LogP contribution in [0.25, 0.3) is 0 Å². The van der Waals surface area contributed by atoms with Gasteiger partial charge in [-0.25, -0.2) is 4.39 Å². The average molecular weight is 254 g/mol. The van der Waals surface area contributed by atoms with E-state index in [0.29, 0.717) is 13.2 Å². The first kappa shape index (κ1) is 14.6. The van der Waals surface area contributed by atoms with Gasteiger partial charge in [0.1, 0.15) is 5.82 Å². The van der Waals surface area contributed by atoms with Gasteiger partial charge < -0.3 is 15.4 Å². The summed E-state index contributed by atoms with van der Waals surface area (Å²) in [6.45, 7) is 3.31. The molecule has 1 amide bonds. The number of carbonyl (C=O) groups is 1. The summed E-state index contributed by atoms with van der Waals surface area (Å²) in [6, 6.07) is 5.96. The molecule has 100 valence electrons. The fraction of sp³-hybridized carbons (Fsp3) is 0.462. The monoisotopic (exact) mass is 254 g/mol. The lowest BCUT2D eigenvalue weighted by Gasteiger charge is -2.14. The van der Waals surface area contributed by atoms with E-state index in [4.69, 9.17) is 4.74 Å². The Bertz CT molecular complexity index is 368. The van der Waals surface area contributed by atoms with Crippen molar-refractivity contribution in [3.8, 4) is 0 Å². The number of amides is 1. The van der Waals surface area contributed by atoms with Crippen LogP contribution in [0, 0.1) is 5.82 Å². The fourth-order valence-electron chi connectivity index (χ4n) is 1.50. The van der Waals surface area contributed by atoms with Crippen LogP contribution in [0.4, 0.5) is 4.39 Å². The Morgan fingerprint density at radius 3 is 2.67 bits per heavy atom. The predicted octanol–water partition coefficient (Wildman–Crippen LogP) is 1.24. The molecular formula is C13H19FN2O2. The van der Waals surface area contributed by atoms with Gasteiger partial charge in [0, 0.05) is 13.7 Å². The first-order valence-electron chi connectivity index (χ1n) is 5.88. The van der Waals surface area contributed by atoms with Gasteiger partial charge in [0.05, 0.1) is 19.2 Å². The number of rotatable bonds is 7. The van der Waals surface area contributed by atoms with Crippen molar-refractivity contribution in [1.29, 1.82) is 0 Å². The average Bonchev–Trinajstić information content (AvgIpc) is 2.35. The molecule has 1 atom stereocenters. The zero-order valence-corrected chi connectivity index (χ0v) is 10.7. The summed E-state index contributed by atoms with van der Waals surface area (Å²) in [6.07, 6.45) is 0. The van der Waals surface area contributed by atoms with Gasteiger partial charge in [-0.15, -0.1) is 0 Å². The number of ether oxygens (including phenoxy) is 1. The minimum absolute atomic E-state index is 0.0945. The van der Waals surface area contributed by atoms with Gasteiger partial charge in [-0.2, -0.15) is 0 Å². The molecule has 1 aromatic rings. The molecule has 0 saturated heterocycles. The van der Waals surface area contributed by atoms with Crippen LogP contribution >= 0.6 is 0 Å². The Morgan fingerprint density at radius 1 is 1.39 bits per heavy atom. The number of hydrogen-bond acceptors (Lipinski definition) is 3. The fourth-order valence-corrected chi connectivity index (χ4v) is 1.50. The van der Waals surface area contributed by atoms with Crippen molar-refractivity contribution in [2.24, 2.45) is 0 Å². The molecule has 0 aliphatic heterocycles. The molecule has 0 fully saturated rings. The molecule has 0 aliphatic rings. The molecule has 4 nitrogen and oxygen atoms in total. The summed E-state index contributed by atoms with van der Waals surface area (Å²) in [7, 11) is 1.61. The number of methoxy groups -OCH3 is 1. The number of benzene rings is 1. The number of hydrogen-bond donors (Lipinski definition) is 2. The van der Waals surface area contributed by atoms with Crippen molar-refractivity contribution in [3.05, 3.63) is 35.6 Å². The molecule has 0 unspecified atom stereocenters. The lowest BCUT2D eigenvalue weighted by Crippen LogP contribution is -2.36. The molecule has 5 heteroatoms. The molecule has 0 spiro atoms. The molecule has 0 bridgehead atoms. The van der Waals surface area contributed by atoms with Crippen LogP contribution in [-0.2, 0) is 9.53 Å². The van der Waals surface area contributed by atoms with Gasteiger partial charge in [0.2, 0.25) is 5.91 Å². The highest BCUT2D eigenvalue weighted by Crippen LogP contribution is 2.12. The quantitative estimate of drug-likeness (QED) is 0.720. The van der Waals surface area contributed by atoms with Gasteiger partial charge in [-0.1, -0.05) is 12.1 Å². The van der Waals surface area contributed by atoms with Crippen molar-refractivity contribution in [3.63, 3.8) is 0 Å². The Labute approximate surface area is 107 Å². The van der Waals surface area contributed by atoms with E-state index < -0.39 is 0 Å². The zero-order valence-electron chi connectivity index (χ0n) is 10.7. The maximum atomic E-state index is 12.7. The van der Waals surface area contributed by atoms with E-state index in [1.54, 1.807) is 19.2 Å². The van der Waals surface area contributed by atoms with Gasteiger partial charge in [-0.3, -0.25) is 4.79 Å². The summed E-state index contributed by atoms with van der Waals surface area (Å²) >= 11 is 0. The minimum atomic E-state index is -0.279. The lowest BCUT2D eigenvalue weighted by molar-refractivity contribution is -0.120. The van der Waals surface area contributed by atoms with Crippen LogP contribution in [0.15, 0.2) is 24.3 Å². The van der Waals surface area contributed by atoms with Crippen molar-refractivity contribution in [2.75, 3.05) is 26.8 Å². The van der Waals surface area contributed by atoms with Crippen molar-refractivity contribution >= 4 is 5.91 Å². The maximum Gasteiger partial charge on any atom is 0.234 e. The molecule has 0 aromatic heterocycles. The van der Waals surface area contributed by atoms with Crippen LogP contribution in [-0.4, -0.2) is 32.7 Å². The molecule has 1 aromatic carbocycles. The van der Waals surface area contributed by atoms with E-state index in [-0.39, 0.29) is 24.3 Å². The third kappa shape index (κ3) is 5.25. The van der Waals surface area contributed by atoms with Gasteiger partial charge >= 0.3 is 0 Å². The van der Waals surface area contributed by atoms with Gasteiger partial charge in [0.15, 0.2) is 0 Å². The van der Waals surface area contributed by atoms with Gasteiger partial charge in [0.25, 0.3) is 0 Å². The van der Waals surface area contributed by atoms with E-state index in [2.05, 4.69) is 10.6 Å². The first-order chi connectivity index (χ1) is 8.63. The highest BCUT2D eigenvalue weighted by molar-refractivity contribution is 5.78. The van der Waals surface area contributed by atoms with E-state index in [0.717, 1.165) is 5.56 Å². The highest BCUT2D eigenvalue weighted by atomic mass is 19.1. The second-order valence-corrected chi connectivity index (χ2v) is 4.01.